The largest absolute Gasteiger partial charge is 0.491 e. The molecule has 0 aliphatic heterocycles. The highest BCUT2D eigenvalue weighted by Crippen LogP contribution is 2.24. The van der Waals surface area contributed by atoms with Crippen LogP contribution in [-0.4, -0.2) is 37.9 Å². The second-order valence-corrected chi connectivity index (χ2v) is 6.70. The smallest absolute Gasteiger partial charge is 0.256 e. The first-order chi connectivity index (χ1) is 11.9. The van der Waals surface area contributed by atoms with Gasteiger partial charge in [-0.2, -0.15) is 0 Å². The molecule has 0 bridgehead atoms. The minimum Gasteiger partial charge on any atom is -0.491 e. The van der Waals surface area contributed by atoms with Gasteiger partial charge in [0.05, 0.1) is 6.61 Å². The fraction of sp³-hybridized carbons (Fsp3) is 0.650. The van der Waals surface area contributed by atoms with E-state index in [1.54, 1.807) is 0 Å². The van der Waals surface area contributed by atoms with Crippen molar-refractivity contribution in [1.82, 2.24) is 0 Å². The van der Waals surface area contributed by atoms with E-state index >= 15 is 0 Å². The maximum atomic E-state index is 12.7. The SMILES string of the molecule is CCCOC(C)(CC(C)C)C(=O)Nc1ccc(OCCOCC)cc1. The molecule has 0 spiro atoms. The summed E-state index contributed by atoms with van der Waals surface area (Å²) < 4.78 is 16.7. The third kappa shape index (κ3) is 7.88. The third-order valence-corrected chi connectivity index (χ3v) is 3.72. The fourth-order valence-corrected chi connectivity index (χ4v) is 2.58. The average molecular weight is 351 g/mol. The maximum Gasteiger partial charge on any atom is 0.256 e. The van der Waals surface area contributed by atoms with E-state index in [9.17, 15) is 4.79 Å². The highest BCUT2D eigenvalue weighted by molar-refractivity contribution is 5.97. The summed E-state index contributed by atoms with van der Waals surface area (Å²) in [5.74, 6) is 1.01. The van der Waals surface area contributed by atoms with E-state index in [1.165, 1.54) is 0 Å². The molecule has 0 aromatic heterocycles. The van der Waals surface area contributed by atoms with Crippen LogP contribution in [0.1, 0.15) is 47.5 Å². The molecule has 0 fully saturated rings. The van der Waals surface area contributed by atoms with Crippen LogP contribution in [0, 0.1) is 5.92 Å². The van der Waals surface area contributed by atoms with Gasteiger partial charge in [0.2, 0.25) is 0 Å². The second-order valence-electron chi connectivity index (χ2n) is 6.70. The van der Waals surface area contributed by atoms with Gasteiger partial charge in [0.15, 0.2) is 0 Å². The summed E-state index contributed by atoms with van der Waals surface area (Å²) in [5, 5.41) is 2.96. The highest BCUT2D eigenvalue weighted by atomic mass is 16.5. The predicted octanol–water partition coefficient (Wildman–Crippen LogP) is 4.27. The quantitative estimate of drug-likeness (QED) is 0.571. The van der Waals surface area contributed by atoms with Gasteiger partial charge in [0.25, 0.3) is 5.91 Å². The Labute approximate surface area is 152 Å². The normalized spacial score (nSPS) is 13.5. The lowest BCUT2D eigenvalue weighted by Crippen LogP contribution is -2.44. The lowest BCUT2D eigenvalue weighted by atomic mass is 9.93. The number of ether oxygens (including phenoxy) is 3. The van der Waals surface area contributed by atoms with Crippen molar-refractivity contribution >= 4 is 11.6 Å². The molecule has 0 aliphatic rings. The summed E-state index contributed by atoms with van der Waals surface area (Å²) in [6, 6.07) is 7.36. The maximum absolute atomic E-state index is 12.7. The van der Waals surface area contributed by atoms with E-state index in [2.05, 4.69) is 19.2 Å². The molecular weight excluding hydrogens is 318 g/mol. The zero-order valence-corrected chi connectivity index (χ0v) is 16.3. The molecule has 1 rings (SSSR count). The molecule has 1 unspecified atom stereocenters. The summed E-state index contributed by atoms with van der Waals surface area (Å²) in [4.78, 5) is 12.7. The van der Waals surface area contributed by atoms with Crippen LogP contribution >= 0.6 is 0 Å². The molecule has 1 amide bonds. The van der Waals surface area contributed by atoms with Crippen LogP contribution in [0.25, 0.3) is 0 Å². The van der Waals surface area contributed by atoms with Gasteiger partial charge >= 0.3 is 0 Å². The summed E-state index contributed by atoms with van der Waals surface area (Å²) in [6.45, 7) is 12.4. The van der Waals surface area contributed by atoms with Crippen molar-refractivity contribution in [3.63, 3.8) is 0 Å². The van der Waals surface area contributed by atoms with Crippen LogP contribution in [0.15, 0.2) is 24.3 Å². The Morgan fingerprint density at radius 3 is 2.36 bits per heavy atom. The Balaban J connectivity index is 2.63. The number of hydrogen-bond donors (Lipinski definition) is 1. The minimum atomic E-state index is -0.823. The van der Waals surface area contributed by atoms with Crippen LogP contribution < -0.4 is 10.1 Å². The number of anilines is 1. The molecule has 0 saturated carbocycles. The molecule has 1 N–H and O–H groups in total. The molecule has 0 heterocycles. The Morgan fingerprint density at radius 1 is 1.12 bits per heavy atom. The first kappa shape index (κ1) is 21.5. The Kier molecular flexibility index (Phi) is 9.53. The van der Waals surface area contributed by atoms with Crippen molar-refractivity contribution in [2.75, 3.05) is 31.7 Å². The average Bonchev–Trinajstić information content (AvgIpc) is 2.57. The van der Waals surface area contributed by atoms with Gasteiger partial charge in [-0.15, -0.1) is 0 Å². The monoisotopic (exact) mass is 351 g/mol. The Bertz CT molecular complexity index is 501. The van der Waals surface area contributed by atoms with Crippen molar-refractivity contribution < 1.29 is 19.0 Å². The molecule has 0 aliphatic carbocycles. The predicted molar refractivity (Wildman–Crippen MR) is 101 cm³/mol. The van der Waals surface area contributed by atoms with E-state index in [-0.39, 0.29) is 5.91 Å². The van der Waals surface area contributed by atoms with Gasteiger partial charge in [-0.05, 0) is 56.9 Å². The Morgan fingerprint density at radius 2 is 1.80 bits per heavy atom. The van der Waals surface area contributed by atoms with Gasteiger partial charge in [-0.1, -0.05) is 20.8 Å². The van der Waals surface area contributed by atoms with Crippen LogP contribution in [0.5, 0.6) is 5.75 Å². The fourth-order valence-electron chi connectivity index (χ4n) is 2.58. The summed E-state index contributed by atoms with van der Waals surface area (Å²) in [6.07, 6.45) is 1.56. The molecular formula is C20H33NO4. The third-order valence-electron chi connectivity index (χ3n) is 3.72. The van der Waals surface area contributed by atoms with Crippen molar-refractivity contribution in [3.05, 3.63) is 24.3 Å². The topological polar surface area (TPSA) is 56.8 Å². The molecule has 142 valence electrons. The first-order valence-corrected chi connectivity index (χ1v) is 9.17. The van der Waals surface area contributed by atoms with Crippen molar-refractivity contribution in [2.24, 2.45) is 5.92 Å². The summed E-state index contributed by atoms with van der Waals surface area (Å²) in [7, 11) is 0. The Hall–Kier alpha value is -1.59. The molecule has 0 radical (unpaired) electrons. The van der Waals surface area contributed by atoms with Gasteiger partial charge in [0.1, 0.15) is 18.0 Å². The number of amides is 1. The number of hydrogen-bond acceptors (Lipinski definition) is 4. The van der Waals surface area contributed by atoms with Crippen LogP contribution in [0.3, 0.4) is 0 Å². The molecule has 0 saturated heterocycles. The van der Waals surface area contributed by atoms with Gasteiger partial charge < -0.3 is 19.5 Å². The van der Waals surface area contributed by atoms with E-state index in [0.717, 1.165) is 17.9 Å². The van der Waals surface area contributed by atoms with Crippen molar-refractivity contribution in [3.8, 4) is 5.75 Å². The van der Waals surface area contributed by atoms with Crippen molar-refractivity contribution in [1.29, 1.82) is 0 Å². The van der Waals surface area contributed by atoms with Crippen molar-refractivity contribution in [2.45, 2.75) is 53.1 Å². The zero-order chi connectivity index (χ0) is 18.7. The van der Waals surface area contributed by atoms with Crippen LogP contribution in [0.2, 0.25) is 0 Å². The minimum absolute atomic E-state index is 0.111. The van der Waals surface area contributed by atoms with Crippen LogP contribution in [-0.2, 0) is 14.3 Å². The molecule has 5 nitrogen and oxygen atoms in total. The number of rotatable bonds is 12. The molecule has 1 atom stereocenters. The zero-order valence-electron chi connectivity index (χ0n) is 16.3. The van der Waals surface area contributed by atoms with Crippen LogP contribution in [0.4, 0.5) is 5.69 Å². The standard InChI is InChI=1S/C20H33NO4/c1-6-12-25-20(5,15-16(3)4)19(22)21-17-8-10-18(11-9-17)24-14-13-23-7-2/h8-11,16H,6-7,12-15H2,1-5H3,(H,21,22). The summed E-state index contributed by atoms with van der Waals surface area (Å²) >= 11 is 0. The number of nitrogens with one attached hydrogen (secondary N) is 1. The van der Waals surface area contributed by atoms with E-state index < -0.39 is 5.60 Å². The summed E-state index contributed by atoms with van der Waals surface area (Å²) in [5.41, 5.74) is -0.0890. The van der Waals surface area contributed by atoms with E-state index in [4.69, 9.17) is 14.2 Å². The molecule has 1 aromatic rings. The number of carbonyl (C=O) groups excluding carboxylic acids is 1. The van der Waals surface area contributed by atoms with Gasteiger partial charge in [0, 0.05) is 18.9 Å². The lowest BCUT2D eigenvalue weighted by molar-refractivity contribution is -0.141. The molecule has 1 aromatic carbocycles. The molecule has 25 heavy (non-hydrogen) atoms. The first-order valence-electron chi connectivity index (χ1n) is 9.17. The van der Waals surface area contributed by atoms with E-state index in [1.807, 2.05) is 45.0 Å². The number of carbonyl (C=O) groups is 1. The van der Waals surface area contributed by atoms with E-state index in [0.29, 0.717) is 38.8 Å². The van der Waals surface area contributed by atoms with Gasteiger partial charge in [-0.25, -0.2) is 0 Å². The highest BCUT2D eigenvalue weighted by Gasteiger charge is 2.34. The molecule has 5 heteroatoms. The second kappa shape index (κ2) is 11.1. The van der Waals surface area contributed by atoms with Gasteiger partial charge in [-0.3, -0.25) is 4.79 Å². The number of benzene rings is 1. The lowest BCUT2D eigenvalue weighted by Gasteiger charge is -2.30.